The predicted octanol–water partition coefficient (Wildman–Crippen LogP) is 4.02. The first-order chi connectivity index (χ1) is 9.10. The number of halogens is 2. The lowest BCUT2D eigenvalue weighted by Gasteiger charge is -2.21. The molecule has 0 unspecified atom stereocenters. The van der Waals surface area contributed by atoms with Crippen molar-refractivity contribution in [3.05, 3.63) is 28.2 Å². The van der Waals surface area contributed by atoms with Crippen molar-refractivity contribution in [3.8, 4) is 5.75 Å². The molecule has 0 saturated heterocycles. The van der Waals surface area contributed by atoms with Gasteiger partial charge in [-0.2, -0.15) is 0 Å². The Morgan fingerprint density at radius 3 is 2.16 bits per heavy atom. The fourth-order valence-corrected chi connectivity index (χ4v) is 2.25. The Morgan fingerprint density at radius 2 is 1.68 bits per heavy atom. The summed E-state index contributed by atoms with van der Waals surface area (Å²) in [7, 11) is 0. The van der Waals surface area contributed by atoms with Gasteiger partial charge in [0.25, 0.3) is 5.91 Å². The van der Waals surface area contributed by atoms with Gasteiger partial charge in [0.15, 0.2) is 12.4 Å². The topological polar surface area (TPSA) is 29.5 Å². The molecule has 3 nitrogen and oxygen atoms in total. The van der Waals surface area contributed by atoms with Crippen LogP contribution in [-0.4, -0.2) is 30.5 Å². The Bertz CT molecular complexity index is 398. The van der Waals surface area contributed by atoms with E-state index in [0.717, 1.165) is 25.9 Å². The van der Waals surface area contributed by atoms with Crippen molar-refractivity contribution in [3.63, 3.8) is 0 Å². The summed E-state index contributed by atoms with van der Waals surface area (Å²) in [5.41, 5.74) is 0. The third kappa shape index (κ3) is 4.92. The van der Waals surface area contributed by atoms with Crippen molar-refractivity contribution < 1.29 is 9.53 Å². The minimum Gasteiger partial charge on any atom is -0.481 e. The van der Waals surface area contributed by atoms with Gasteiger partial charge in [-0.25, -0.2) is 0 Å². The fourth-order valence-electron chi connectivity index (χ4n) is 1.75. The van der Waals surface area contributed by atoms with Gasteiger partial charge in [0, 0.05) is 13.1 Å². The maximum absolute atomic E-state index is 12.0. The van der Waals surface area contributed by atoms with Gasteiger partial charge in [0.05, 0.1) is 10.0 Å². The molecule has 0 aromatic heterocycles. The lowest BCUT2D eigenvalue weighted by molar-refractivity contribution is -0.133. The number of nitrogens with zero attached hydrogens (tertiary/aromatic N) is 1. The number of hydrogen-bond donors (Lipinski definition) is 0. The normalized spacial score (nSPS) is 10.3. The van der Waals surface area contributed by atoms with E-state index in [1.165, 1.54) is 0 Å². The van der Waals surface area contributed by atoms with Crippen LogP contribution in [0.15, 0.2) is 18.2 Å². The second kappa shape index (κ2) is 8.28. The Kier molecular flexibility index (Phi) is 7.03. The highest BCUT2D eigenvalue weighted by Gasteiger charge is 2.14. The molecule has 0 atom stereocenters. The lowest BCUT2D eigenvalue weighted by Crippen LogP contribution is -2.36. The van der Waals surface area contributed by atoms with Crippen molar-refractivity contribution in [1.82, 2.24) is 4.90 Å². The van der Waals surface area contributed by atoms with Crippen LogP contribution in [0.4, 0.5) is 0 Å². The van der Waals surface area contributed by atoms with E-state index in [0.29, 0.717) is 15.8 Å². The summed E-state index contributed by atoms with van der Waals surface area (Å²) < 4.78 is 5.45. The predicted molar refractivity (Wildman–Crippen MR) is 79.1 cm³/mol. The molecule has 0 heterocycles. The van der Waals surface area contributed by atoms with Crippen molar-refractivity contribution in [1.29, 1.82) is 0 Å². The fraction of sp³-hybridized carbons (Fsp3) is 0.500. The van der Waals surface area contributed by atoms with Gasteiger partial charge < -0.3 is 9.64 Å². The zero-order valence-electron chi connectivity index (χ0n) is 11.3. The molecule has 5 heteroatoms. The molecule has 0 spiro atoms. The standard InChI is InChI=1S/C14H19Cl2NO2/c1-3-8-17(9-4-2)13(18)10-19-14-11(15)6-5-7-12(14)16/h5-7H,3-4,8-10H2,1-2H3. The highest BCUT2D eigenvalue weighted by atomic mass is 35.5. The average molecular weight is 304 g/mol. The Labute approximate surface area is 124 Å². The van der Waals surface area contributed by atoms with Gasteiger partial charge in [-0.05, 0) is 25.0 Å². The molecule has 0 aliphatic heterocycles. The number of rotatable bonds is 7. The Hall–Kier alpha value is -0.930. The summed E-state index contributed by atoms with van der Waals surface area (Å²) in [6.45, 7) is 5.53. The first-order valence-corrected chi connectivity index (χ1v) is 7.20. The SMILES string of the molecule is CCCN(CCC)C(=O)COc1c(Cl)cccc1Cl. The molecule has 1 rings (SSSR count). The monoisotopic (exact) mass is 303 g/mol. The number of amides is 1. The highest BCUT2D eigenvalue weighted by Crippen LogP contribution is 2.32. The van der Waals surface area contributed by atoms with Gasteiger partial charge in [-0.1, -0.05) is 43.1 Å². The highest BCUT2D eigenvalue weighted by molar-refractivity contribution is 6.37. The molecule has 1 amide bonds. The van der Waals surface area contributed by atoms with Gasteiger partial charge in [-0.15, -0.1) is 0 Å². The zero-order valence-corrected chi connectivity index (χ0v) is 12.8. The summed E-state index contributed by atoms with van der Waals surface area (Å²) in [4.78, 5) is 13.8. The second-order valence-corrected chi connectivity index (χ2v) is 5.03. The summed E-state index contributed by atoms with van der Waals surface area (Å²) in [5.74, 6) is 0.326. The number of ether oxygens (including phenoxy) is 1. The van der Waals surface area contributed by atoms with Gasteiger partial charge >= 0.3 is 0 Å². The molecule has 106 valence electrons. The summed E-state index contributed by atoms with van der Waals surface area (Å²) in [6, 6.07) is 5.10. The van der Waals surface area contributed by atoms with Gasteiger partial charge in [0.2, 0.25) is 0 Å². The van der Waals surface area contributed by atoms with E-state index in [-0.39, 0.29) is 12.5 Å². The van der Waals surface area contributed by atoms with Crippen LogP contribution >= 0.6 is 23.2 Å². The van der Waals surface area contributed by atoms with E-state index in [2.05, 4.69) is 0 Å². The largest absolute Gasteiger partial charge is 0.481 e. The smallest absolute Gasteiger partial charge is 0.260 e. The first kappa shape index (κ1) is 16.1. The number of carbonyl (C=O) groups is 1. The molecule has 0 saturated carbocycles. The maximum Gasteiger partial charge on any atom is 0.260 e. The molecule has 1 aromatic rings. The molecular formula is C14H19Cl2NO2. The summed E-state index contributed by atoms with van der Waals surface area (Å²) >= 11 is 12.0. The van der Waals surface area contributed by atoms with Crippen LogP contribution in [-0.2, 0) is 4.79 Å². The van der Waals surface area contributed by atoms with E-state index >= 15 is 0 Å². The molecule has 19 heavy (non-hydrogen) atoms. The van der Waals surface area contributed by atoms with Crippen LogP contribution in [0.3, 0.4) is 0 Å². The quantitative estimate of drug-likeness (QED) is 0.761. The molecule has 0 aliphatic carbocycles. The maximum atomic E-state index is 12.0. The Balaban J connectivity index is 2.62. The summed E-state index contributed by atoms with van der Waals surface area (Å²) in [6.07, 6.45) is 1.86. The van der Waals surface area contributed by atoms with E-state index in [1.807, 2.05) is 13.8 Å². The minimum atomic E-state index is -0.0420. The molecule has 0 N–H and O–H groups in total. The van der Waals surface area contributed by atoms with E-state index in [4.69, 9.17) is 27.9 Å². The molecule has 0 fully saturated rings. The van der Waals surface area contributed by atoms with Crippen LogP contribution in [0, 0.1) is 0 Å². The number of para-hydroxylation sites is 1. The third-order valence-corrected chi connectivity index (χ3v) is 3.19. The van der Waals surface area contributed by atoms with Crippen molar-refractivity contribution in [2.45, 2.75) is 26.7 Å². The first-order valence-electron chi connectivity index (χ1n) is 6.44. The Morgan fingerprint density at radius 1 is 1.16 bits per heavy atom. The molecule has 0 bridgehead atoms. The third-order valence-electron chi connectivity index (χ3n) is 2.60. The van der Waals surface area contributed by atoms with Crippen LogP contribution < -0.4 is 4.74 Å². The van der Waals surface area contributed by atoms with Gasteiger partial charge in [0.1, 0.15) is 0 Å². The number of benzene rings is 1. The van der Waals surface area contributed by atoms with Crippen LogP contribution in [0.5, 0.6) is 5.75 Å². The van der Waals surface area contributed by atoms with Crippen molar-refractivity contribution >= 4 is 29.1 Å². The molecule has 0 aliphatic rings. The van der Waals surface area contributed by atoms with E-state index < -0.39 is 0 Å². The van der Waals surface area contributed by atoms with Crippen molar-refractivity contribution in [2.75, 3.05) is 19.7 Å². The average Bonchev–Trinajstić information content (AvgIpc) is 2.37. The van der Waals surface area contributed by atoms with Crippen LogP contribution in [0.25, 0.3) is 0 Å². The lowest BCUT2D eigenvalue weighted by atomic mass is 10.3. The summed E-state index contributed by atoms with van der Waals surface area (Å²) in [5, 5.41) is 0.829. The number of hydrogen-bond acceptors (Lipinski definition) is 2. The molecule has 1 aromatic carbocycles. The number of carbonyl (C=O) groups excluding carboxylic acids is 1. The molecule has 0 radical (unpaired) electrons. The van der Waals surface area contributed by atoms with Crippen LogP contribution in [0.1, 0.15) is 26.7 Å². The van der Waals surface area contributed by atoms with E-state index in [1.54, 1.807) is 23.1 Å². The second-order valence-electron chi connectivity index (χ2n) is 4.22. The van der Waals surface area contributed by atoms with E-state index in [9.17, 15) is 4.79 Å². The van der Waals surface area contributed by atoms with Crippen LogP contribution in [0.2, 0.25) is 10.0 Å². The zero-order chi connectivity index (χ0) is 14.3. The minimum absolute atomic E-state index is 0.0382. The van der Waals surface area contributed by atoms with Gasteiger partial charge in [-0.3, -0.25) is 4.79 Å². The van der Waals surface area contributed by atoms with Crippen molar-refractivity contribution in [2.24, 2.45) is 0 Å². The molecular weight excluding hydrogens is 285 g/mol.